The predicted molar refractivity (Wildman–Crippen MR) is 109 cm³/mol. The van der Waals surface area contributed by atoms with Crippen LogP contribution in [0.15, 0.2) is 66.7 Å². The molecular formula is C20H14Cl2N4O2. The average molecular weight is 413 g/mol. The molecule has 0 bridgehead atoms. The maximum absolute atomic E-state index is 12.2. The Morgan fingerprint density at radius 3 is 2.36 bits per heavy atom. The molecule has 6 nitrogen and oxygen atoms in total. The van der Waals surface area contributed by atoms with Gasteiger partial charge in [-0.3, -0.25) is 4.79 Å². The van der Waals surface area contributed by atoms with Crippen molar-refractivity contribution in [2.24, 2.45) is 0 Å². The second-order valence-corrected chi connectivity index (χ2v) is 6.78. The molecule has 140 valence electrons. The molecule has 1 aromatic heterocycles. The fourth-order valence-electron chi connectivity index (χ4n) is 2.58. The molecule has 1 N–H and O–H groups in total. The Hall–Kier alpha value is -3.09. The van der Waals surface area contributed by atoms with Gasteiger partial charge in [-0.25, -0.2) is 0 Å². The van der Waals surface area contributed by atoms with Gasteiger partial charge in [0.15, 0.2) is 6.61 Å². The van der Waals surface area contributed by atoms with Crippen molar-refractivity contribution in [1.29, 1.82) is 0 Å². The van der Waals surface area contributed by atoms with Gasteiger partial charge in [0.05, 0.1) is 16.4 Å². The van der Waals surface area contributed by atoms with Crippen LogP contribution in [0.4, 0.5) is 5.69 Å². The number of nitrogens with one attached hydrogen (secondary N) is 1. The Kier molecular flexibility index (Phi) is 5.14. The normalized spacial score (nSPS) is 10.8. The van der Waals surface area contributed by atoms with Crippen molar-refractivity contribution in [3.05, 3.63) is 76.8 Å². The van der Waals surface area contributed by atoms with Crippen LogP contribution in [-0.4, -0.2) is 27.5 Å². The second kappa shape index (κ2) is 7.88. The molecule has 0 atom stereocenters. The van der Waals surface area contributed by atoms with Gasteiger partial charge in [-0.15, -0.1) is 10.2 Å². The van der Waals surface area contributed by atoms with Gasteiger partial charge in [0.2, 0.25) is 0 Å². The van der Waals surface area contributed by atoms with Crippen LogP contribution >= 0.6 is 23.2 Å². The van der Waals surface area contributed by atoms with E-state index in [-0.39, 0.29) is 12.5 Å². The maximum atomic E-state index is 12.2. The van der Waals surface area contributed by atoms with Gasteiger partial charge in [-0.2, -0.15) is 4.80 Å². The van der Waals surface area contributed by atoms with Crippen LogP contribution in [0.25, 0.3) is 16.7 Å². The van der Waals surface area contributed by atoms with Gasteiger partial charge < -0.3 is 10.1 Å². The lowest BCUT2D eigenvalue weighted by Crippen LogP contribution is -2.20. The number of halogens is 2. The van der Waals surface area contributed by atoms with Crippen LogP contribution in [0.1, 0.15) is 0 Å². The summed E-state index contributed by atoms with van der Waals surface area (Å²) >= 11 is 12.1. The van der Waals surface area contributed by atoms with Crippen molar-refractivity contribution >= 4 is 45.8 Å². The van der Waals surface area contributed by atoms with E-state index >= 15 is 0 Å². The first-order chi connectivity index (χ1) is 13.6. The third-order valence-electron chi connectivity index (χ3n) is 3.91. The molecule has 0 saturated carbocycles. The quantitative estimate of drug-likeness (QED) is 0.513. The molecule has 28 heavy (non-hydrogen) atoms. The zero-order chi connectivity index (χ0) is 19.5. The van der Waals surface area contributed by atoms with Crippen molar-refractivity contribution in [2.75, 3.05) is 11.9 Å². The minimum Gasteiger partial charge on any atom is -0.484 e. The van der Waals surface area contributed by atoms with Crippen molar-refractivity contribution in [2.45, 2.75) is 0 Å². The number of anilines is 1. The van der Waals surface area contributed by atoms with Gasteiger partial charge in [-0.1, -0.05) is 41.4 Å². The predicted octanol–water partition coefficient (Wildman–Crippen LogP) is 4.74. The number of amides is 1. The lowest BCUT2D eigenvalue weighted by Gasteiger charge is -2.08. The number of benzene rings is 3. The number of aromatic nitrogens is 3. The Morgan fingerprint density at radius 2 is 1.64 bits per heavy atom. The van der Waals surface area contributed by atoms with E-state index in [1.54, 1.807) is 36.4 Å². The van der Waals surface area contributed by atoms with Crippen LogP contribution in [0.2, 0.25) is 10.0 Å². The molecule has 3 aromatic carbocycles. The monoisotopic (exact) mass is 412 g/mol. The summed E-state index contributed by atoms with van der Waals surface area (Å²) in [4.78, 5) is 13.7. The minimum atomic E-state index is -0.341. The lowest BCUT2D eigenvalue weighted by molar-refractivity contribution is -0.118. The summed E-state index contributed by atoms with van der Waals surface area (Å²) < 4.78 is 5.44. The molecule has 0 aliphatic rings. The number of rotatable bonds is 5. The average Bonchev–Trinajstić information content (AvgIpc) is 3.11. The van der Waals surface area contributed by atoms with E-state index in [0.717, 1.165) is 5.69 Å². The van der Waals surface area contributed by atoms with E-state index < -0.39 is 0 Å². The Labute approximate surface area is 170 Å². The molecule has 0 unspecified atom stereocenters. The number of carbonyl (C=O) groups is 1. The first-order valence-electron chi connectivity index (χ1n) is 8.39. The highest BCUT2D eigenvalue weighted by Crippen LogP contribution is 2.27. The molecule has 0 aliphatic carbocycles. The summed E-state index contributed by atoms with van der Waals surface area (Å²) in [7, 11) is 0. The van der Waals surface area contributed by atoms with Crippen molar-refractivity contribution in [3.8, 4) is 11.4 Å². The lowest BCUT2D eigenvalue weighted by atomic mass is 10.2. The van der Waals surface area contributed by atoms with E-state index in [2.05, 4.69) is 15.5 Å². The van der Waals surface area contributed by atoms with Gasteiger partial charge in [0, 0.05) is 5.02 Å². The Balaban J connectivity index is 1.49. The fraction of sp³-hybridized carbons (Fsp3) is 0.0500. The van der Waals surface area contributed by atoms with Crippen LogP contribution in [0.3, 0.4) is 0 Å². The van der Waals surface area contributed by atoms with E-state index in [0.29, 0.717) is 32.5 Å². The first-order valence-corrected chi connectivity index (χ1v) is 9.14. The van der Waals surface area contributed by atoms with Crippen LogP contribution in [0.5, 0.6) is 5.75 Å². The highest BCUT2D eigenvalue weighted by molar-refractivity contribution is 6.34. The molecule has 4 rings (SSSR count). The van der Waals surface area contributed by atoms with Crippen LogP contribution in [-0.2, 0) is 4.79 Å². The van der Waals surface area contributed by atoms with Gasteiger partial charge >= 0.3 is 0 Å². The summed E-state index contributed by atoms with van der Waals surface area (Å²) in [6.07, 6.45) is 0. The first kappa shape index (κ1) is 18.3. The molecule has 0 aliphatic heterocycles. The smallest absolute Gasteiger partial charge is 0.262 e. The number of fused-ring (bicyclic) bond motifs is 1. The minimum absolute atomic E-state index is 0.160. The summed E-state index contributed by atoms with van der Waals surface area (Å²) in [5.41, 5.74) is 2.52. The molecule has 1 amide bonds. The Bertz CT molecular complexity index is 1130. The van der Waals surface area contributed by atoms with E-state index in [1.165, 1.54) is 4.80 Å². The summed E-state index contributed by atoms with van der Waals surface area (Å²) in [5, 5.41) is 12.6. The van der Waals surface area contributed by atoms with E-state index in [1.807, 2.05) is 30.3 Å². The van der Waals surface area contributed by atoms with Gasteiger partial charge in [0.25, 0.3) is 5.91 Å². The Morgan fingerprint density at radius 1 is 0.964 bits per heavy atom. The van der Waals surface area contributed by atoms with Crippen molar-refractivity contribution in [1.82, 2.24) is 15.0 Å². The summed E-state index contributed by atoms with van der Waals surface area (Å²) in [5.74, 6) is 0.207. The SMILES string of the molecule is O=C(COc1ccc(Cl)cc1)Nc1cc2nn(-c3ccccc3)nc2cc1Cl. The van der Waals surface area contributed by atoms with Gasteiger partial charge in [0.1, 0.15) is 16.8 Å². The number of ether oxygens (including phenoxy) is 1. The number of carbonyl (C=O) groups excluding carboxylic acids is 1. The highest BCUT2D eigenvalue weighted by Gasteiger charge is 2.12. The van der Waals surface area contributed by atoms with Gasteiger partial charge in [-0.05, 0) is 48.5 Å². The third-order valence-corrected chi connectivity index (χ3v) is 4.48. The molecule has 1 heterocycles. The standard InChI is InChI=1S/C20H14Cl2N4O2/c21-13-6-8-15(9-7-13)28-12-20(27)23-17-11-19-18(10-16(17)22)24-26(25-19)14-4-2-1-3-5-14/h1-11H,12H2,(H,23,27). The van der Waals surface area contributed by atoms with Crippen molar-refractivity contribution in [3.63, 3.8) is 0 Å². The topological polar surface area (TPSA) is 69.0 Å². The molecule has 0 saturated heterocycles. The molecule has 0 spiro atoms. The fourth-order valence-corrected chi connectivity index (χ4v) is 2.91. The summed E-state index contributed by atoms with van der Waals surface area (Å²) in [6, 6.07) is 19.6. The molecule has 0 fully saturated rings. The maximum Gasteiger partial charge on any atom is 0.262 e. The molecule has 0 radical (unpaired) electrons. The van der Waals surface area contributed by atoms with Crippen LogP contribution in [0, 0.1) is 0 Å². The second-order valence-electron chi connectivity index (χ2n) is 5.94. The third kappa shape index (κ3) is 4.08. The largest absolute Gasteiger partial charge is 0.484 e. The zero-order valence-corrected chi connectivity index (χ0v) is 16.0. The summed E-state index contributed by atoms with van der Waals surface area (Å²) in [6.45, 7) is -0.160. The number of hydrogen-bond donors (Lipinski definition) is 1. The van der Waals surface area contributed by atoms with E-state index in [4.69, 9.17) is 27.9 Å². The number of para-hydroxylation sites is 1. The molecule has 8 heteroatoms. The van der Waals surface area contributed by atoms with E-state index in [9.17, 15) is 4.79 Å². The van der Waals surface area contributed by atoms with Crippen LogP contribution < -0.4 is 10.1 Å². The zero-order valence-electron chi connectivity index (χ0n) is 14.5. The highest BCUT2D eigenvalue weighted by atomic mass is 35.5. The molecular weight excluding hydrogens is 399 g/mol. The van der Waals surface area contributed by atoms with Crippen molar-refractivity contribution < 1.29 is 9.53 Å². The molecule has 4 aromatic rings. The number of nitrogens with zero attached hydrogens (tertiary/aromatic N) is 3. The number of hydrogen-bond acceptors (Lipinski definition) is 4.